The van der Waals surface area contributed by atoms with Crippen LogP contribution in [0.15, 0.2) is 48.1 Å². The third-order valence-electron chi connectivity index (χ3n) is 9.02. The maximum absolute atomic E-state index is 12.1. The van der Waals surface area contributed by atoms with Crippen LogP contribution < -0.4 is 0 Å². The van der Waals surface area contributed by atoms with E-state index < -0.39 is 25.2 Å². The van der Waals surface area contributed by atoms with Gasteiger partial charge in [0, 0.05) is 5.92 Å². The molecule has 3 rings (SSSR count). The fraction of sp³-hybridized carbons (Fsp3) is 0.688. The van der Waals surface area contributed by atoms with E-state index in [4.69, 9.17) is 19.7 Å². The number of hydrogen-bond acceptors (Lipinski definition) is 6. The quantitative estimate of drug-likeness (QED) is 0.171. The van der Waals surface area contributed by atoms with E-state index in [9.17, 15) is 9.59 Å². The number of ether oxygens (including phenoxy) is 2. The van der Waals surface area contributed by atoms with Crippen molar-refractivity contribution in [1.29, 1.82) is 0 Å². The van der Waals surface area contributed by atoms with Gasteiger partial charge in [-0.05, 0) is 87.4 Å². The van der Waals surface area contributed by atoms with E-state index in [1.807, 2.05) is 0 Å². The van der Waals surface area contributed by atoms with E-state index in [1.54, 1.807) is 0 Å². The van der Waals surface area contributed by atoms with Gasteiger partial charge >= 0.3 is 11.9 Å². The van der Waals surface area contributed by atoms with Crippen LogP contribution in [0.5, 0.6) is 0 Å². The van der Waals surface area contributed by atoms with E-state index in [0.29, 0.717) is 17.8 Å². The van der Waals surface area contributed by atoms with Gasteiger partial charge < -0.3 is 19.7 Å². The summed E-state index contributed by atoms with van der Waals surface area (Å²) in [7, 11) is 0. The molecular formula is C32H48O6. The Morgan fingerprint density at radius 3 is 2.08 bits per heavy atom. The monoisotopic (exact) mass is 528 g/mol. The van der Waals surface area contributed by atoms with Gasteiger partial charge in [-0.15, -0.1) is 0 Å². The molecule has 0 spiro atoms. The molecule has 0 bridgehead atoms. The van der Waals surface area contributed by atoms with Crippen molar-refractivity contribution in [3.05, 3.63) is 48.1 Å². The third kappa shape index (κ3) is 8.67. The Kier molecular flexibility index (Phi) is 12.3. The summed E-state index contributed by atoms with van der Waals surface area (Å²) in [6.07, 6.45) is 20.7. The van der Waals surface area contributed by atoms with E-state index >= 15 is 0 Å². The number of unbranched alkanes of at least 4 members (excludes halogenated alkanes) is 2. The minimum Gasteiger partial charge on any atom is -0.462 e. The first-order valence-corrected chi connectivity index (χ1v) is 14.7. The Hall–Kier alpha value is -2.18. The van der Waals surface area contributed by atoms with Gasteiger partial charge in [0.05, 0.1) is 37.6 Å². The summed E-state index contributed by atoms with van der Waals surface area (Å²) in [5, 5.41) is 18.3. The summed E-state index contributed by atoms with van der Waals surface area (Å²) in [6.45, 7) is 8.62. The number of esters is 2. The molecule has 0 aromatic rings. The summed E-state index contributed by atoms with van der Waals surface area (Å²) in [6, 6.07) is 0. The molecule has 6 heteroatoms. The van der Waals surface area contributed by atoms with Crippen molar-refractivity contribution in [3.8, 4) is 0 Å². The van der Waals surface area contributed by atoms with Crippen LogP contribution in [0.4, 0.5) is 0 Å². The van der Waals surface area contributed by atoms with Crippen molar-refractivity contribution in [2.45, 2.75) is 77.6 Å². The molecule has 6 nitrogen and oxygen atoms in total. The van der Waals surface area contributed by atoms with Gasteiger partial charge in [-0.1, -0.05) is 56.7 Å². The van der Waals surface area contributed by atoms with Crippen LogP contribution in [0.25, 0.3) is 0 Å². The molecule has 0 radical (unpaired) electrons. The largest absolute Gasteiger partial charge is 0.462 e. The van der Waals surface area contributed by atoms with Gasteiger partial charge in [0.25, 0.3) is 0 Å². The van der Waals surface area contributed by atoms with E-state index in [2.05, 4.69) is 38.3 Å². The lowest BCUT2D eigenvalue weighted by Gasteiger charge is -2.42. The normalized spacial score (nSPS) is 26.8. The Morgan fingerprint density at radius 2 is 1.50 bits per heavy atom. The lowest BCUT2D eigenvalue weighted by atomic mass is 9.63. The summed E-state index contributed by atoms with van der Waals surface area (Å²) >= 11 is 0. The number of aliphatic hydroxyl groups excluding tert-OH is 2. The summed E-state index contributed by atoms with van der Waals surface area (Å²) in [5.74, 6) is 1.73. The molecule has 2 N–H and O–H groups in total. The van der Waals surface area contributed by atoms with Gasteiger partial charge in [-0.2, -0.15) is 0 Å². The molecular weight excluding hydrogens is 480 g/mol. The number of aliphatic hydroxyl groups is 2. The van der Waals surface area contributed by atoms with Gasteiger partial charge in [-0.3, -0.25) is 0 Å². The minimum absolute atomic E-state index is 0.00778. The first-order valence-electron chi connectivity index (χ1n) is 14.7. The highest BCUT2D eigenvalue weighted by Gasteiger charge is 2.37. The van der Waals surface area contributed by atoms with Crippen LogP contribution in [0.3, 0.4) is 0 Å². The van der Waals surface area contributed by atoms with Crippen LogP contribution >= 0.6 is 0 Å². The van der Waals surface area contributed by atoms with Crippen LogP contribution in [0.2, 0.25) is 0 Å². The summed E-state index contributed by atoms with van der Waals surface area (Å²) in [5.41, 5.74) is 1.55. The fourth-order valence-corrected chi connectivity index (χ4v) is 6.55. The Morgan fingerprint density at radius 1 is 0.895 bits per heavy atom. The predicted octanol–water partition coefficient (Wildman–Crippen LogP) is 5.70. The molecule has 0 saturated heterocycles. The molecule has 2 fully saturated rings. The second-order valence-electron chi connectivity index (χ2n) is 11.6. The molecule has 0 aliphatic heterocycles. The molecule has 3 aliphatic rings. The zero-order valence-corrected chi connectivity index (χ0v) is 23.2. The average molecular weight is 529 g/mol. The topological polar surface area (TPSA) is 93.1 Å². The number of allylic oxidation sites excluding steroid dienone is 4. The van der Waals surface area contributed by atoms with E-state index in [1.165, 1.54) is 50.5 Å². The average Bonchev–Trinajstić information content (AvgIpc) is 2.95. The van der Waals surface area contributed by atoms with Crippen LogP contribution in [0, 0.1) is 35.5 Å². The number of carbonyl (C=O) groups excluding carboxylic acids is 2. The highest BCUT2D eigenvalue weighted by atomic mass is 16.5. The molecule has 2 saturated carbocycles. The van der Waals surface area contributed by atoms with Crippen molar-refractivity contribution >= 4 is 11.9 Å². The van der Waals surface area contributed by atoms with Crippen LogP contribution in [0.1, 0.15) is 77.6 Å². The Balaban J connectivity index is 1.51. The van der Waals surface area contributed by atoms with Crippen molar-refractivity contribution in [1.82, 2.24) is 0 Å². The third-order valence-corrected chi connectivity index (χ3v) is 9.02. The van der Waals surface area contributed by atoms with Crippen molar-refractivity contribution in [2.24, 2.45) is 35.5 Å². The first-order chi connectivity index (χ1) is 18.4. The smallest absolute Gasteiger partial charge is 0.335 e. The second kappa shape index (κ2) is 15.4. The van der Waals surface area contributed by atoms with Crippen molar-refractivity contribution in [3.63, 3.8) is 0 Å². The number of hydrogen-bond donors (Lipinski definition) is 2. The summed E-state index contributed by atoms with van der Waals surface area (Å²) < 4.78 is 10.8. The Bertz CT molecular complexity index is 846. The van der Waals surface area contributed by atoms with Gasteiger partial charge in [0.2, 0.25) is 0 Å². The highest BCUT2D eigenvalue weighted by Crippen LogP contribution is 2.46. The zero-order chi connectivity index (χ0) is 27.5. The fourth-order valence-electron chi connectivity index (χ4n) is 6.55. The van der Waals surface area contributed by atoms with Gasteiger partial charge in [0.15, 0.2) is 0 Å². The maximum Gasteiger partial charge on any atom is 0.335 e. The summed E-state index contributed by atoms with van der Waals surface area (Å²) in [4.78, 5) is 24.1. The SMILES string of the molecule is C=C(CO)C(=O)OCC(COC(=O)C(=C)CO)C1CCC(C2CCC3C=C(CCCCC)C=CC3C2)CC1. The number of carbonyl (C=O) groups is 2. The van der Waals surface area contributed by atoms with Crippen molar-refractivity contribution < 1.29 is 29.3 Å². The molecule has 0 amide bonds. The predicted molar refractivity (Wildman–Crippen MR) is 149 cm³/mol. The number of fused-ring (bicyclic) bond motifs is 1. The lowest BCUT2D eigenvalue weighted by Crippen LogP contribution is -2.34. The minimum atomic E-state index is -0.628. The lowest BCUT2D eigenvalue weighted by molar-refractivity contribution is -0.146. The van der Waals surface area contributed by atoms with Crippen molar-refractivity contribution in [2.75, 3.05) is 26.4 Å². The highest BCUT2D eigenvalue weighted by molar-refractivity contribution is 5.88. The standard InChI is InChI=1S/C32H48O6/c1-4-5-6-7-24-8-9-29-17-28(15-14-27(29)16-24)25-10-12-26(13-11-25)30(20-37-31(35)22(2)18-33)21-38-32(36)23(3)19-34/h8-9,16,25-30,33-34H,2-7,10-15,17-21H2,1H3. The molecule has 3 atom stereocenters. The first kappa shape index (κ1) is 30.4. The molecule has 0 aromatic heterocycles. The molecule has 3 aliphatic carbocycles. The Labute approximate surface area is 228 Å². The maximum atomic E-state index is 12.1. The second-order valence-corrected chi connectivity index (χ2v) is 11.6. The zero-order valence-electron chi connectivity index (χ0n) is 23.2. The van der Waals surface area contributed by atoms with Crippen LogP contribution in [-0.2, 0) is 19.1 Å². The molecule has 0 aromatic carbocycles. The van der Waals surface area contributed by atoms with E-state index in [0.717, 1.165) is 31.6 Å². The molecule has 3 unspecified atom stereocenters. The van der Waals surface area contributed by atoms with E-state index in [-0.39, 0.29) is 36.2 Å². The molecule has 212 valence electrons. The van der Waals surface area contributed by atoms with Crippen LogP contribution in [-0.4, -0.2) is 48.6 Å². The number of rotatable bonds is 14. The van der Waals surface area contributed by atoms with Gasteiger partial charge in [-0.25, -0.2) is 9.59 Å². The molecule has 38 heavy (non-hydrogen) atoms. The molecule has 0 heterocycles. The van der Waals surface area contributed by atoms with Gasteiger partial charge in [0.1, 0.15) is 0 Å².